The van der Waals surface area contributed by atoms with Crippen LogP contribution in [0, 0.1) is 5.92 Å². The fraction of sp³-hybridized carbons (Fsp3) is 0.562. The average molecular weight is 435 g/mol. The van der Waals surface area contributed by atoms with Crippen molar-refractivity contribution in [3.63, 3.8) is 0 Å². The summed E-state index contributed by atoms with van der Waals surface area (Å²) in [4.78, 5) is 6.39. The van der Waals surface area contributed by atoms with Gasteiger partial charge in [0.25, 0.3) is 0 Å². The monoisotopic (exact) mass is 435 g/mol. The summed E-state index contributed by atoms with van der Waals surface area (Å²) in [5, 5.41) is 13.2. The molecule has 0 aromatic heterocycles. The van der Waals surface area contributed by atoms with Gasteiger partial charge in [-0.25, -0.2) is 0 Å². The lowest BCUT2D eigenvalue weighted by Gasteiger charge is -2.24. The molecule has 0 amide bonds. The summed E-state index contributed by atoms with van der Waals surface area (Å²) in [6.45, 7) is 3.06. The van der Waals surface area contributed by atoms with Gasteiger partial charge in [0.05, 0.1) is 13.7 Å². The van der Waals surface area contributed by atoms with Crippen LogP contribution < -0.4 is 10.1 Å². The number of rotatable bonds is 5. The van der Waals surface area contributed by atoms with E-state index in [1.54, 1.807) is 26.3 Å². The van der Waals surface area contributed by atoms with E-state index in [1.165, 1.54) is 0 Å². The predicted octanol–water partition coefficient (Wildman–Crippen LogP) is 2.06. The summed E-state index contributed by atoms with van der Waals surface area (Å²) in [6, 6.07) is 5.19. The largest absolute Gasteiger partial charge is 0.508 e. The van der Waals surface area contributed by atoms with Gasteiger partial charge in [0.1, 0.15) is 11.5 Å². The summed E-state index contributed by atoms with van der Waals surface area (Å²) in [5.74, 6) is 2.32. The highest BCUT2D eigenvalue weighted by molar-refractivity contribution is 14.0. The lowest BCUT2D eigenvalue weighted by atomic mass is 10.1. The number of halogens is 1. The third-order valence-corrected chi connectivity index (χ3v) is 3.85. The van der Waals surface area contributed by atoms with Crippen molar-refractivity contribution in [2.24, 2.45) is 10.9 Å². The molecule has 1 aliphatic heterocycles. The zero-order chi connectivity index (χ0) is 15.9. The molecule has 1 aromatic rings. The Morgan fingerprint density at radius 1 is 1.52 bits per heavy atom. The highest BCUT2D eigenvalue weighted by atomic mass is 127. The second-order valence-electron chi connectivity index (χ2n) is 5.51. The second kappa shape index (κ2) is 9.82. The molecule has 0 radical (unpaired) electrons. The van der Waals surface area contributed by atoms with Crippen LogP contribution in [-0.4, -0.2) is 56.9 Å². The van der Waals surface area contributed by atoms with Crippen molar-refractivity contribution in [2.45, 2.75) is 13.0 Å². The number of nitrogens with one attached hydrogen (secondary N) is 1. The van der Waals surface area contributed by atoms with E-state index in [0.717, 1.165) is 43.5 Å². The van der Waals surface area contributed by atoms with E-state index in [9.17, 15) is 5.11 Å². The molecular weight excluding hydrogens is 409 g/mol. The summed E-state index contributed by atoms with van der Waals surface area (Å²) < 4.78 is 10.6. The number of methoxy groups -OCH3 is 1. The molecule has 1 unspecified atom stereocenters. The topological polar surface area (TPSA) is 66.3 Å². The third kappa shape index (κ3) is 5.72. The third-order valence-electron chi connectivity index (χ3n) is 3.85. The van der Waals surface area contributed by atoms with E-state index in [4.69, 9.17) is 9.47 Å². The van der Waals surface area contributed by atoms with E-state index >= 15 is 0 Å². The van der Waals surface area contributed by atoms with Crippen LogP contribution in [-0.2, 0) is 11.3 Å². The van der Waals surface area contributed by atoms with Gasteiger partial charge in [0, 0.05) is 45.3 Å². The summed E-state index contributed by atoms with van der Waals surface area (Å²) >= 11 is 0. The number of hydrogen-bond acceptors (Lipinski definition) is 4. The average Bonchev–Trinajstić information content (AvgIpc) is 3.02. The summed E-state index contributed by atoms with van der Waals surface area (Å²) in [5.41, 5.74) is 0.776. The number of nitrogens with zero attached hydrogens (tertiary/aromatic N) is 2. The minimum Gasteiger partial charge on any atom is -0.508 e. The lowest BCUT2D eigenvalue weighted by Crippen LogP contribution is -2.41. The lowest BCUT2D eigenvalue weighted by molar-refractivity contribution is 0.181. The Labute approximate surface area is 154 Å². The first kappa shape index (κ1) is 19.8. The minimum absolute atomic E-state index is 0. The maximum absolute atomic E-state index is 9.92. The Bertz CT molecular complexity index is 519. The first-order valence-corrected chi connectivity index (χ1v) is 7.49. The second-order valence-corrected chi connectivity index (χ2v) is 5.51. The quantitative estimate of drug-likeness (QED) is 0.421. The minimum atomic E-state index is 0. The fourth-order valence-electron chi connectivity index (χ4n) is 2.59. The Balaban J connectivity index is 0.00000264. The molecule has 7 heteroatoms. The maximum Gasteiger partial charge on any atom is 0.193 e. The number of guanidine groups is 1. The van der Waals surface area contributed by atoms with Crippen molar-refractivity contribution < 1.29 is 14.6 Å². The van der Waals surface area contributed by atoms with Crippen molar-refractivity contribution in [3.05, 3.63) is 23.8 Å². The number of aliphatic imine (C=N–C) groups is 1. The molecule has 2 N–H and O–H groups in total. The molecule has 1 saturated heterocycles. The van der Waals surface area contributed by atoms with Crippen LogP contribution >= 0.6 is 24.0 Å². The molecule has 2 rings (SSSR count). The molecule has 0 spiro atoms. The van der Waals surface area contributed by atoms with Gasteiger partial charge in [-0.15, -0.1) is 24.0 Å². The van der Waals surface area contributed by atoms with Crippen LogP contribution in [0.25, 0.3) is 0 Å². The van der Waals surface area contributed by atoms with Crippen molar-refractivity contribution in [1.29, 1.82) is 0 Å². The molecule has 0 bridgehead atoms. The SMILES string of the molecule is CN=C(NCc1cc(OC)ccc1O)N(C)CC1CCOC1.I. The molecule has 130 valence electrons. The number of hydrogen-bond donors (Lipinski definition) is 2. The first-order chi connectivity index (χ1) is 10.6. The Morgan fingerprint density at radius 2 is 2.30 bits per heavy atom. The molecule has 1 atom stereocenters. The zero-order valence-electron chi connectivity index (χ0n) is 13.9. The summed E-state index contributed by atoms with van der Waals surface area (Å²) in [7, 11) is 5.38. The molecule has 0 aliphatic carbocycles. The first-order valence-electron chi connectivity index (χ1n) is 7.49. The molecule has 0 saturated carbocycles. The van der Waals surface area contributed by atoms with E-state index in [0.29, 0.717) is 12.5 Å². The molecule has 1 aliphatic rings. The van der Waals surface area contributed by atoms with Crippen molar-refractivity contribution in [1.82, 2.24) is 10.2 Å². The maximum atomic E-state index is 9.92. The molecule has 1 heterocycles. The van der Waals surface area contributed by atoms with Gasteiger partial charge in [-0.1, -0.05) is 0 Å². The summed E-state index contributed by atoms with van der Waals surface area (Å²) in [6.07, 6.45) is 1.10. The Morgan fingerprint density at radius 3 is 2.91 bits per heavy atom. The number of benzene rings is 1. The number of phenols is 1. The van der Waals surface area contributed by atoms with Gasteiger partial charge in [-0.3, -0.25) is 4.99 Å². The molecule has 23 heavy (non-hydrogen) atoms. The van der Waals surface area contributed by atoms with Gasteiger partial charge in [-0.2, -0.15) is 0 Å². The van der Waals surface area contributed by atoms with Crippen LogP contribution in [0.3, 0.4) is 0 Å². The van der Waals surface area contributed by atoms with E-state index in [1.807, 2.05) is 13.1 Å². The highest BCUT2D eigenvalue weighted by Crippen LogP contribution is 2.22. The normalized spacial score (nSPS) is 17.5. The fourth-order valence-corrected chi connectivity index (χ4v) is 2.59. The highest BCUT2D eigenvalue weighted by Gasteiger charge is 2.19. The number of aromatic hydroxyl groups is 1. The van der Waals surface area contributed by atoms with Crippen LogP contribution in [0.4, 0.5) is 0 Å². The van der Waals surface area contributed by atoms with Crippen molar-refractivity contribution in [2.75, 3.05) is 41.0 Å². The Hall–Kier alpha value is -1.22. The standard InChI is InChI=1S/C16H25N3O3.HI/c1-17-16(19(2)10-12-6-7-22-11-12)18-9-13-8-14(21-3)4-5-15(13)20;/h4-5,8,12,20H,6-7,9-11H2,1-3H3,(H,17,18);1H. The number of ether oxygens (including phenoxy) is 2. The number of phenolic OH excluding ortho intramolecular Hbond substituents is 1. The van der Waals surface area contributed by atoms with Crippen LogP contribution in [0.1, 0.15) is 12.0 Å². The van der Waals surface area contributed by atoms with Crippen LogP contribution in [0.5, 0.6) is 11.5 Å². The van der Waals surface area contributed by atoms with Gasteiger partial charge in [0.2, 0.25) is 0 Å². The van der Waals surface area contributed by atoms with Gasteiger partial charge in [0.15, 0.2) is 5.96 Å². The van der Waals surface area contributed by atoms with E-state index in [2.05, 4.69) is 15.2 Å². The van der Waals surface area contributed by atoms with Crippen molar-refractivity contribution >= 4 is 29.9 Å². The van der Waals surface area contributed by atoms with E-state index < -0.39 is 0 Å². The smallest absolute Gasteiger partial charge is 0.193 e. The van der Waals surface area contributed by atoms with Gasteiger partial charge >= 0.3 is 0 Å². The van der Waals surface area contributed by atoms with Crippen molar-refractivity contribution in [3.8, 4) is 11.5 Å². The predicted molar refractivity (Wildman–Crippen MR) is 102 cm³/mol. The molecule has 1 aromatic carbocycles. The van der Waals surface area contributed by atoms with Crippen LogP contribution in [0.2, 0.25) is 0 Å². The van der Waals surface area contributed by atoms with Crippen LogP contribution in [0.15, 0.2) is 23.2 Å². The molecular formula is C16H26IN3O3. The van der Waals surface area contributed by atoms with Gasteiger partial charge < -0.3 is 24.8 Å². The Kier molecular flexibility index (Phi) is 8.46. The molecule has 1 fully saturated rings. The molecule has 6 nitrogen and oxygen atoms in total. The zero-order valence-corrected chi connectivity index (χ0v) is 16.2. The van der Waals surface area contributed by atoms with Gasteiger partial charge in [-0.05, 0) is 24.6 Å². The van der Waals surface area contributed by atoms with E-state index in [-0.39, 0.29) is 29.7 Å².